The van der Waals surface area contributed by atoms with Gasteiger partial charge in [-0.25, -0.2) is 4.79 Å². The van der Waals surface area contributed by atoms with Gasteiger partial charge in [0.05, 0.1) is 11.8 Å². The molecule has 0 aliphatic heterocycles. The maximum absolute atomic E-state index is 11.5. The summed E-state index contributed by atoms with van der Waals surface area (Å²) in [6.45, 7) is 0. The summed E-state index contributed by atoms with van der Waals surface area (Å²) in [5.41, 5.74) is 3.85. The van der Waals surface area contributed by atoms with Crippen LogP contribution in [0.4, 0.5) is 0 Å². The molecule has 2 aromatic carbocycles. The van der Waals surface area contributed by atoms with Gasteiger partial charge in [0.2, 0.25) is 0 Å². The summed E-state index contributed by atoms with van der Waals surface area (Å²) in [7, 11) is 0. The zero-order valence-electron chi connectivity index (χ0n) is 12.1. The lowest BCUT2D eigenvalue weighted by molar-refractivity contribution is 0.0697. The Morgan fingerprint density at radius 2 is 1.91 bits per heavy atom. The molecule has 0 spiro atoms. The predicted molar refractivity (Wildman–Crippen MR) is 88.4 cm³/mol. The van der Waals surface area contributed by atoms with Crippen LogP contribution in [0.5, 0.6) is 0 Å². The van der Waals surface area contributed by atoms with Crippen molar-refractivity contribution in [3.8, 4) is 22.5 Å². The molecular formula is C19H13NO3. The number of hydrogen-bond acceptors (Lipinski definition) is 2. The fraction of sp³-hybridized carbons (Fsp3) is 0. The summed E-state index contributed by atoms with van der Waals surface area (Å²) in [6.07, 6.45) is 3.44. The highest BCUT2D eigenvalue weighted by Crippen LogP contribution is 2.33. The average molecular weight is 303 g/mol. The number of furan rings is 1. The normalized spacial score (nSPS) is 11.0. The molecule has 0 atom stereocenters. The van der Waals surface area contributed by atoms with Crippen LogP contribution in [-0.4, -0.2) is 16.1 Å². The van der Waals surface area contributed by atoms with E-state index >= 15 is 0 Å². The van der Waals surface area contributed by atoms with Gasteiger partial charge in [-0.2, -0.15) is 0 Å². The maximum Gasteiger partial charge on any atom is 0.336 e. The number of rotatable bonds is 3. The number of fused-ring (bicyclic) bond motifs is 1. The van der Waals surface area contributed by atoms with Crippen molar-refractivity contribution in [2.24, 2.45) is 0 Å². The lowest BCUT2D eigenvalue weighted by Crippen LogP contribution is -1.99. The van der Waals surface area contributed by atoms with E-state index in [-0.39, 0.29) is 5.56 Å². The number of aromatic carboxylic acids is 1. The van der Waals surface area contributed by atoms with Crippen LogP contribution in [0, 0.1) is 0 Å². The Kier molecular flexibility index (Phi) is 3.01. The molecular weight excluding hydrogens is 290 g/mol. The van der Waals surface area contributed by atoms with Gasteiger partial charge in [0.25, 0.3) is 0 Å². The van der Waals surface area contributed by atoms with Gasteiger partial charge >= 0.3 is 5.97 Å². The number of nitrogens with one attached hydrogen (secondary N) is 1. The topological polar surface area (TPSA) is 66.2 Å². The van der Waals surface area contributed by atoms with E-state index in [1.165, 1.54) is 0 Å². The molecule has 2 aromatic heterocycles. The first-order valence-corrected chi connectivity index (χ1v) is 7.22. The van der Waals surface area contributed by atoms with Crippen LogP contribution >= 0.6 is 0 Å². The maximum atomic E-state index is 11.5. The third-order valence-electron chi connectivity index (χ3n) is 3.94. The Hall–Kier alpha value is -3.27. The molecule has 0 amide bonds. The highest BCUT2D eigenvalue weighted by molar-refractivity contribution is 5.99. The van der Waals surface area contributed by atoms with Crippen molar-refractivity contribution in [3.63, 3.8) is 0 Å². The van der Waals surface area contributed by atoms with Crippen molar-refractivity contribution in [2.75, 3.05) is 0 Å². The second-order valence-electron chi connectivity index (χ2n) is 5.29. The number of benzene rings is 2. The number of aromatic nitrogens is 1. The van der Waals surface area contributed by atoms with Crippen molar-refractivity contribution < 1.29 is 14.3 Å². The van der Waals surface area contributed by atoms with Crippen molar-refractivity contribution in [1.82, 2.24) is 4.98 Å². The highest BCUT2D eigenvalue weighted by atomic mass is 16.4. The van der Waals surface area contributed by atoms with Crippen molar-refractivity contribution in [1.29, 1.82) is 0 Å². The van der Waals surface area contributed by atoms with Gasteiger partial charge in [-0.3, -0.25) is 0 Å². The molecule has 0 saturated heterocycles. The molecule has 0 unspecified atom stereocenters. The van der Waals surface area contributed by atoms with E-state index in [0.717, 1.165) is 22.0 Å². The van der Waals surface area contributed by atoms with Crippen LogP contribution in [0.15, 0.2) is 71.5 Å². The molecule has 0 aliphatic carbocycles. The first kappa shape index (κ1) is 13.4. The van der Waals surface area contributed by atoms with E-state index in [9.17, 15) is 9.90 Å². The van der Waals surface area contributed by atoms with Crippen LogP contribution in [-0.2, 0) is 0 Å². The van der Waals surface area contributed by atoms with Crippen LogP contribution < -0.4 is 0 Å². The Bertz CT molecular complexity index is 997. The minimum absolute atomic E-state index is 0.227. The van der Waals surface area contributed by atoms with E-state index < -0.39 is 5.97 Å². The van der Waals surface area contributed by atoms with E-state index in [1.807, 2.05) is 42.6 Å². The smallest absolute Gasteiger partial charge is 0.336 e. The first-order valence-electron chi connectivity index (χ1n) is 7.22. The van der Waals surface area contributed by atoms with Crippen LogP contribution in [0.25, 0.3) is 33.4 Å². The van der Waals surface area contributed by atoms with Gasteiger partial charge in [0.15, 0.2) is 0 Å². The zero-order valence-corrected chi connectivity index (χ0v) is 12.1. The van der Waals surface area contributed by atoms with Crippen molar-refractivity contribution in [3.05, 3.63) is 72.6 Å². The fourth-order valence-corrected chi connectivity index (χ4v) is 2.87. The van der Waals surface area contributed by atoms with Crippen LogP contribution in [0.3, 0.4) is 0 Å². The summed E-state index contributed by atoms with van der Waals surface area (Å²) in [5, 5.41) is 10.5. The molecule has 0 radical (unpaired) electrons. The van der Waals surface area contributed by atoms with Crippen LogP contribution in [0.2, 0.25) is 0 Å². The number of aromatic amines is 1. The van der Waals surface area contributed by atoms with Gasteiger partial charge in [-0.1, -0.05) is 18.2 Å². The lowest BCUT2D eigenvalue weighted by atomic mass is 9.96. The molecule has 0 aliphatic rings. The average Bonchev–Trinajstić information content (AvgIpc) is 3.25. The van der Waals surface area contributed by atoms with Crippen molar-refractivity contribution in [2.45, 2.75) is 0 Å². The third kappa shape index (κ3) is 2.21. The summed E-state index contributed by atoms with van der Waals surface area (Å²) in [4.78, 5) is 14.7. The summed E-state index contributed by atoms with van der Waals surface area (Å²) >= 11 is 0. The van der Waals surface area contributed by atoms with Gasteiger partial charge in [0.1, 0.15) is 5.76 Å². The minimum Gasteiger partial charge on any atom is -0.478 e. The molecule has 0 bridgehead atoms. The Morgan fingerprint density at radius 1 is 1.00 bits per heavy atom. The predicted octanol–water partition coefficient (Wildman–Crippen LogP) is 4.79. The SMILES string of the molecule is O=C(O)c1ccc(-c2cccc3[nH]ccc23)cc1-c1ccco1. The number of hydrogen-bond donors (Lipinski definition) is 2. The molecule has 4 heteroatoms. The first-order chi connectivity index (χ1) is 11.2. The largest absolute Gasteiger partial charge is 0.478 e. The number of carbonyl (C=O) groups is 1. The minimum atomic E-state index is -0.970. The molecule has 2 N–H and O–H groups in total. The van der Waals surface area contributed by atoms with Gasteiger partial charge in [0, 0.05) is 22.7 Å². The molecule has 0 saturated carbocycles. The van der Waals surface area contributed by atoms with E-state index in [2.05, 4.69) is 4.98 Å². The summed E-state index contributed by atoms with van der Waals surface area (Å²) < 4.78 is 5.40. The zero-order chi connectivity index (χ0) is 15.8. The Morgan fingerprint density at radius 3 is 2.70 bits per heavy atom. The molecule has 23 heavy (non-hydrogen) atoms. The van der Waals surface area contributed by atoms with Gasteiger partial charge in [-0.15, -0.1) is 0 Å². The molecule has 112 valence electrons. The number of H-pyrrole nitrogens is 1. The van der Waals surface area contributed by atoms with Crippen molar-refractivity contribution >= 4 is 16.9 Å². The number of carboxylic acid groups (broad SMARTS) is 1. The second kappa shape index (κ2) is 5.18. The third-order valence-corrected chi connectivity index (χ3v) is 3.94. The summed E-state index contributed by atoms with van der Waals surface area (Å²) in [5.74, 6) is -0.423. The highest BCUT2D eigenvalue weighted by Gasteiger charge is 2.15. The standard InChI is InChI=1S/C19H13NO3/c21-19(22)15-7-6-12(11-16(15)18-5-2-10-23-18)13-3-1-4-17-14(13)8-9-20-17/h1-11,20H,(H,21,22). The molecule has 4 nitrogen and oxygen atoms in total. The van der Waals surface area contributed by atoms with Gasteiger partial charge < -0.3 is 14.5 Å². The number of carboxylic acids is 1. The van der Waals surface area contributed by atoms with E-state index in [0.29, 0.717) is 11.3 Å². The van der Waals surface area contributed by atoms with Crippen LogP contribution in [0.1, 0.15) is 10.4 Å². The quantitative estimate of drug-likeness (QED) is 0.571. The molecule has 4 aromatic rings. The molecule has 2 heterocycles. The monoisotopic (exact) mass is 303 g/mol. The van der Waals surface area contributed by atoms with Gasteiger partial charge in [-0.05, 0) is 47.5 Å². The Balaban J connectivity index is 1.96. The Labute approximate surface area is 132 Å². The lowest BCUT2D eigenvalue weighted by Gasteiger charge is -2.09. The summed E-state index contributed by atoms with van der Waals surface area (Å²) in [6, 6.07) is 16.9. The molecule has 0 fully saturated rings. The van der Waals surface area contributed by atoms with E-state index in [1.54, 1.807) is 24.5 Å². The second-order valence-corrected chi connectivity index (χ2v) is 5.29. The molecule has 4 rings (SSSR count). The fourth-order valence-electron chi connectivity index (χ4n) is 2.87. The van der Waals surface area contributed by atoms with E-state index in [4.69, 9.17) is 4.42 Å².